The van der Waals surface area contributed by atoms with Crippen LogP contribution in [0.1, 0.15) is 52.8 Å². The van der Waals surface area contributed by atoms with Crippen LogP contribution in [0.15, 0.2) is 72.1 Å². The average Bonchev–Trinajstić information content (AvgIpc) is 3.50. The van der Waals surface area contributed by atoms with Crippen LogP contribution in [0.5, 0.6) is 0 Å². The third kappa shape index (κ3) is 6.51. The van der Waals surface area contributed by atoms with Crippen LogP contribution in [-0.2, 0) is 27.2 Å². The summed E-state index contributed by atoms with van der Waals surface area (Å²) in [5.74, 6) is 0. The number of alkyl halides is 3. The summed E-state index contributed by atoms with van der Waals surface area (Å²) < 4.78 is 43.4. The molecule has 0 unspecified atom stereocenters. The number of allylic oxidation sites excluding steroid dienone is 2. The van der Waals surface area contributed by atoms with E-state index in [-0.39, 0.29) is 21.1 Å². The van der Waals surface area contributed by atoms with Crippen molar-refractivity contribution in [2.24, 2.45) is 0 Å². The van der Waals surface area contributed by atoms with Crippen molar-refractivity contribution in [3.63, 3.8) is 0 Å². The van der Waals surface area contributed by atoms with Gasteiger partial charge in [0.2, 0.25) is 0 Å². The zero-order valence-corrected chi connectivity index (χ0v) is 29.9. The van der Waals surface area contributed by atoms with Gasteiger partial charge in [-0.1, -0.05) is 53.1 Å². The summed E-state index contributed by atoms with van der Waals surface area (Å²) in [6.45, 7) is 24.8. The Morgan fingerprint density at radius 1 is 0.596 bits per heavy atom. The smallest absolute Gasteiger partial charge is 0.512 e. The van der Waals surface area contributed by atoms with E-state index < -0.39 is 11.7 Å². The molecule has 47 heavy (non-hydrogen) atoms. The molecule has 0 N–H and O–H groups in total. The van der Waals surface area contributed by atoms with Crippen LogP contribution in [0, 0.1) is 72.8 Å². The molecule has 0 atom stereocenters. The van der Waals surface area contributed by atoms with E-state index in [9.17, 15) is 13.2 Å². The summed E-state index contributed by atoms with van der Waals surface area (Å²) in [5, 5.41) is 6.25. The van der Waals surface area contributed by atoms with Gasteiger partial charge in [-0.3, -0.25) is 0 Å². The van der Waals surface area contributed by atoms with Gasteiger partial charge in [-0.2, -0.15) is 13.2 Å². The Bertz CT molecular complexity index is 1830. The Balaban J connectivity index is 0.00000164. The predicted molar refractivity (Wildman–Crippen MR) is 179 cm³/mol. The molecule has 0 saturated heterocycles. The second-order valence-corrected chi connectivity index (χ2v) is 12.0. The number of halogens is 3. The molecule has 2 heterocycles. The van der Waals surface area contributed by atoms with Crippen LogP contribution in [0.25, 0.3) is 0 Å². The molecule has 0 saturated carbocycles. The van der Waals surface area contributed by atoms with Gasteiger partial charge in [0, 0.05) is 34.1 Å². The van der Waals surface area contributed by atoms with Crippen molar-refractivity contribution in [2.45, 2.75) is 61.6 Å². The van der Waals surface area contributed by atoms with Gasteiger partial charge >= 0.3 is 27.2 Å². The first-order valence-electron chi connectivity index (χ1n) is 14.9. The number of nitrogens with zero attached hydrogens (tertiary/aromatic N) is 5. The molecule has 4 aromatic carbocycles. The Morgan fingerprint density at radius 3 is 1.45 bits per heavy atom. The number of para-hydroxylation sites is 2. The molecule has 2 aliphatic heterocycles. The summed E-state index contributed by atoms with van der Waals surface area (Å²) in [6, 6.07) is 22.0. The van der Waals surface area contributed by atoms with Crippen molar-refractivity contribution >= 4 is 34.1 Å². The molecule has 244 valence electrons. The summed E-state index contributed by atoms with van der Waals surface area (Å²) in [4.78, 5) is 7.74. The van der Waals surface area contributed by atoms with Crippen LogP contribution in [0.4, 0.5) is 47.3 Å². The van der Waals surface area contributed by atoms with Gasteiger partial charge in [0.25, 0.3) is 0 Å². The number of benzene rings is 4. The molecule has 4 aromatic rings. The minimum Gasteiger partial charge on any atom is -0.512 e. The van der Waals surface area contributed by atoms with E-state index in [2.05, 4.69) is 81.7 Å². The number of fused-ring (bicyclic) bond motifs is 1. The molecule has 0 amide bonds. The first-order chi connectivity index (χ1) is 21.7. The van der Waals surface area contributed by atoms with Crippen molar-refractivity contribution in [3.05, 3.63) is 137 Å². The molecular weight excluding hydrogens is 779 g/mol. The van der Waals surface area contributed by atoms with Crippen molar-refractivity contribution in [1.29, 1.82) is 5.26 Å². The van der Waals surface area contributed by atoms with Gasteiger partial charge in [-0.25, -0.2) is 0 Å². The Morgan fingerprint density at radius 2 is 0.979 bits per heavy atom. The van der Waals surface area contributed by atoms with E-state index in [1.54, 1.807) is 9.80 Å². The summed E-state index contributed by atoms with van der Waals surface area (Å²) in [7, 11) is 0. The van der Waals surface area contributed by atoms with Crippen LogP contribution >= 0.6 is 0 Å². The van der Waals surface area contributed by atoms with Gasteiger partial charge in [0.05, 0.1) is 0 Å². The van der Waals surface area contributed by atoms with Crippen molar-refractivity contribution in [3.8, 4) is 0 Å². The number of aryl methyl sites for hydroxylation is 6. The number of rotatable bonds is 4. The largest absolute Gasteiger partial charge is 4.00 e. The molecule has 6 rings (SSSR count). The minimum absolute atomic E-state index is 0. The molecule has 5 nitrogen and oxygen atoms in total. The number of hydrogen-bond acceptors (Lipinski definition) is 5. The fraction of sp³-hybridized carbons (Fsp3) is 0.237. The van der Waals surface area contributed by atoms with E-state index >= 15 is 0 Å². The molecular formula is C38H36F3N5Pt. The van der Waals surface area contributed by atoms with Crippen LogP contribution in [-0.4, -0.2) is 0 Å². The van der Waals surface area contributed by atoms with Crippen LogP contribution in [0.2, 0.25) is 0 Å². The topological polar surface area (TPSA) is 36.8 Å². The summed E-state index contributed by atoms with van der Waals surface area (Å²) >= 11 is 0. The zero-order chi connectivity index (χ0) is 33.7. The summed E-state index contributed by atoms with van der Waals surface area (Å²) in [5.41, 5.74) is 12.1. The van der Waals surface area contributed by atoms with E-state index in [0.29, 0.717) is 11.4 Å². The third-order valence-corrected chi connectivity index (χ3v) is 8.55. The van der Waals surface area contributed by atoms with Crippen LogP contribution < -0.4 is 19.6 Å². The van der Waals surface area contributed by atoms with Gasteiger partial charge in [0.15, 0.2) is 0 Å². The van der Waals surface area contributed by atoms with Gasteiger partial charge in [0.1, 0.15) is 0 Å². The molecule has 2 aliphatic rings. The fourth-order valence-corrected chi connectivity index (χ4v) is 6.65. The third-order valence-electron chi connectivity index (χ3n) is 8.55. The first kappa shape index (κ1) is 35.6. The predicted octanol–water partition coefficient (Wildman–Crippen LogP) is 10.6. The Hall–Kier alpha value is -4.21. The second kappa shape index (κ2) is 13.5. The Labute approximate surface area is 290 Å². The van der Waals surface area contributed by atoms with Gasteiger partial charge in [-0.05, 0) is 89.8 Å². The monoisotopic (exact) mass is 814 g/mol. The van der Waals surface area contributed by atoms with Gasteiger partial charge < -0.3 is 31.4 Å². The maximum absolute atomic E-state index is 14.5. The molecule has 9 heteroatoms. The van der Waals surface area contributed by atoms with Crippen LogP contribution in [0.3, 0.4) is 0 Å². The van der Waals surface area contributed by atoms with E-state index in [1.165, 1.54) is 17.7 Å². The first-order valence-corrected chi connectivity index (χ1v) is 14.9. The molecule has 0 spiro atoms. The fourth-order valence-electron chi connectivity index (χ4n) is 6.65. The van der Waals surface area contributed by atoms with E-state index in [4.69, 9.17) is 11.8 Å². The van der Waals surface area contributed by atoms with Crippen molar-refractivity contribution in [2.75, 3.05) is 19.6 Å². The number of anilines is 6. The van der Waals surface area contributed by atoms with E-state index in [0.717, 1.165) is 62.0 Å². The van der Waals surface area contributed by atoms with E-state index in [1.807, 2.05) is 51.5 Å². The zero-order valence-electron chi connectivity index (χ0n) is 27.6. The second-order valence-electron chi connectivity index (χ2n) is 12.0. The minimum atomic E-state index is -4.54. The Kier molecular flexibility index (Phi) is 10.2. The van der Waals surface area contributed by atoms with Gasteiger partial charge in [-0.15, -0.1) is 42.9 Å². The average molecular weight is 815 g/mol. The standard InChI is InChI=1S/C37H36F3N4.CN.Pt/c1-22-13-24(3)35(25(4)14-22)42-20-41(28(7)29(42)8)31-17-30(37(38,39)40)18-32(19-31)43-21-44(34-12-10-9-11-33(34)43)36-26(5)15-23(2)16-27(36)6;1-2;/h9-18,20-21H,1-8H3;;/q-3;-1;+4. The quantitative estimate of drug-likeness (QED) is 0.192. The molecule has 0 fully saturated rings. The maximum Gasteiger partial charge on any atom is 4.00 e. The SMILES string of the molecule is CC1=C(C)N(c2c(C)cc(C)cc2C)[CH-]N1c1[c-]c(N2[CH-]N(c3c(C)cc(C)cc3C)c3ccccc32)cc(C(F)(F)F)c1.[C-]#N.[Pt+4]. The summed E-state index contributed by atoms with van der Waals surface area (Å²) in [6.07, 6.45) is -4.54. The number of hydrogen-bond donors (Lipinski definition) is 0. The van der Waals surface area contributed by atoms with Crippen molar-refractivity contribution < 1.29 is 34.2 Å². The molecule has 0 bridgehead atoms. The van der Waals surface area contributed by atoms with Crippen molar-refractivity contribution in [1.82, 2.24) is 0 Å². The maximum atomic E-state index is 14.5. The molecule has 0 radical (unpaired) electrons. The normalized spacial score (nSPS) is 14.2. The molecule has 0 aliphatic carbocycles. The molecule has 0 aromatic heterocycles.